The molecule has 96 valence electrons. The Hall–Kier alpha value is -1.35. The van der Waals surface area contributed by atoms with E-state index in [0.717, 1.165) is 19.3 Å². The van der Waals surface area contributed by atoms with Crippen LogP contribution in [0.1, 0.15) is 40.0 Å². The van der Waals surface area contributed by atoms with Crippen molar-refractivity contribution in [3.8, 4) is 0 Å². The number of ether oxygens (including phenoxy) is 1. The molecule has 17 heavy (non-hydrogen) atoms. The smallest absolute Gasteiger partial charge is 0.410 e. The first kappa shape index (κ1) is 13.7. The fraction of sp³-hybridized carbons (Fsp3) is 0.833. The molecule has 1 fully saturated rings. The second-order valence-corrected chi connectivity index (χ2v) is 5.26. The lowest BCUT2D eigenvalue weighted by atomic mass is 10.0. The summed E-state index contributed by atoms with van der Waals surface area (Å²) < 4.78 is 5.33. The van der Waals surface area contributed by atoms with Gasteiger partial charge >= 0.3 is 6.09 Å². The standard InChI is InChI=1S/C12H20N2O3/c1-12(2,3)17-11(16)14-7-5-4-6-10(14)8-13-9-15/h10H,4-8H2,1-3H3. The lowest BCUT2D eigenvalue weighted by Gasteiger charge is -2.35. The lowest BCUT2D eigenvalue weighted by molar-refractivity contribution is 0.0110. The van der Waals surface area contributed by atoms with Crippen molar-refractivity contribution in [3.63, 3.8) is 0 Å². The lowest BCUT2D eigenvalue weighted by Crippen LogP contribution is -2.47. The van der Waals surface area contributed by atoms with Crippen LogP contribution in [0.3, 0.4) is 0 Å². The molecule has 0 aliphatic carbocycles. The summed E-state index contributed by atoms with van der Waals surface area (Å²) in [6, 6.07) is -0.0277. The highest BCUT2D eigenvalue weighted by Gasteiger charge is 2.30. The van der Waals surface area contributed by atoms with Crippen LogP contribution in [0.4, 0.5) is 4.79 Å². The van der Waals surface area contributed by atoms with Crippen molar-refractivity contribution in [1.82, 2.24) is 4.90 Å². The second-order valence-electron chi connectivity index (χ2n) is 5.26. The van der Waals surface area contributed by atoms with Crippen LogP contribution in [0.5, 0.6) is 0 Å². The van der Waals surface area contributed by atoms with Crippen LogP contribution in [0.25, 0.3) is 0 Å². The molecule has 1 amide bonds. The van der Waals surface area contributed by atoms with Gasteiger partial charge in [0.15, 0.2) is 0 Å². The predicted molar refractivity (Wildman–Crippen MR) is 63.6 cm³/mol. The third kappa shape index (κ3) is 4.57. The summed E-state index contributed by atoms with van der Waals surface area (Å²) in [4.78, 5) is 27.3. The molecule has 1 aliphatic heterocycles. The van der Waals surface area contributed by atoms with Crippen molar-refractivity contribution in [2.75, 3.05) is 13.1 Å². The Morgan fingerprint density at radius 1 is 1.47 bits per heavy atom. The molecule has 5 nitrogen and oxygen atoms in total. The molecular formula is C12H20N2O3. The summed E-state index contributed by atoms with van der Waals surface area (Å²) in [7, 11) is 0. The van der Waals surface area contributed by atoms with Gasteiger partial charge in [0.2, 0.25) is 6.08 Å². The van der Waals surface area contributed by atoms with Gasteiger partial charge in [0, 0.05) is 6.54 Å². The average molecular weight is 240 g/mol. The number of carbonyl (C=O) groups excluding carboxylic acids is 2. The van der Waals surface area contributed by atoms with Crippen LogP contribution in [0, 0.1) is 0 Å². The summed E-state index contributed by atoms with van der Waals surface area (Å²) in [6.07, 6.45) is 4.09. The van der Waals surface area contributed by atoms with Crippen molar-refractivity contribution < 1.29 is 14.3 Å². The second kappa shape index (κ2) is 5.82. The van der Waals surface area contributed by atoms with Gasteiger partial charge < -0.3 is 9.64 Å². The molecule has 0 saturated carbocycles. The van der Waals surface area contributed by atoms with E-state index in [4.69, 9.17) is 4.74 Å². The van der Waals surface area contributed by atoms with E-state index in [1.807, 2.05) is 20.8 Å². The molecule has 1 saturated heterocycles. The molecule has 1 atom stereocenters. The quantitative estimate of drug-likeness (QED) is 0.548. The fourth-order valence-corrected chi connectivity index (χ4v) is 1.89. The SMILES string of the molecule is CC(C)(C)OC(=O)N1CCCCC1CN=C=O. The number of hydrogen-bond acceptors (Lipinski definition) is 4. The Balaban J connectivity index is 2.63. The molecule has 1 heterocycles. The number of piperidine rings is 1. The third-order valence-corrected chi connectivity index (χ3v) is 2.62. The highest BCUT2D eigenvalue weighted by Crippen LogP contribution is 2.20. The Labute approximate surface area is 102 Å². The largest absolute Gasteiger partial charge is 0.444 e. The molecule has 1 unspecified atom stereocenters. The van der Waals surface area contributed by atoms with Crippen LogP contribution in [-0.2, 0) is 9.53 Å². The van der Waals surface area contributed by atoms with Crippen molar-refractivity contribution in [2.45, 2.75) is 51.7 Å². The fourth-order valence-electron chi connectivity index (χ4n) is 1.89. The zero-order valence-electron chi connectivity index (χ0n) is 10.7. The van der Waals surface area contributed by atoms with E-state index in [-0.39, 0.29) is 12.1 Å². The van der Waals surface area contributed by atoms with Crippen molar-refractivity contribution in [1.29, 1.82) is 0 Å². The molecule has 0 N–H and O–H groups in total. The van der Waals surface area contributed by atoms with E-state index in [1.54, 1.807) is 4.90 Å². The van der Waals surface area contributed by atoms with E-state index >= 15 is 0 Å². The van der Waals surface area contributed by atoms with Crippen LogP contribution in [0.2, 0.25) is 0 Å². The van der Waals surface area contributed by atoms with E-state index in [0.29, 0.717) is 13.1 Å². The summed E-state index contributed by atoms with van der Waals surface area (Å²) in [5, 5.41) is 0. The number of rotatable bonds is 2. The number of likely N-dealkylation sites (tertiary alicyclic amines) is 1. The molecule has 0 radical (unpaired) electrons. The minimum absolute atomic E-state index is 0.0277. The Kier molecular flexibility index (Phi) is 4.70. The zero-order chi connectivity index (χ0) is 12.9. The summed E-state index contributed by atoms with van der Waals surface area (Å²) in [5.74, 6) is 0. The summed E-state index contributed by atoms with van der Waals surface area (Å²) in [6.45, 7) is 6.52. The average Bonchev–Trinajstić information content (AvgIpc) is 2.24. The van der Waals surface area contributed by atoms with Gasteiger partial charge in [-0.05, 0) is 40.0 Å². The Morgan fingerprint density at radius 3 is 2.76 bits per heavy atom. The van der Waals surface area contributed by atoms with E-state index < -0.39 is 5.60 Å². The van der Waals surface area contributed by atoms with Crippen molar-refractivity contribution in [2.24, 2.45) is 4.99 Å². The number of hydrogen-bond donors (Lipinski definition) is 0. The van der Waals surface area contributed by atoms with Crippen molar-refractivity contribution in [3.05, 3.63) is 0 Å². The van der Waals surface area contributed by atoms with Gasteiger partial charge in [0.1, 0.15) is 5.60 Å². The first-order valence-electron chi connectivity index (χ1n) is 5.97. The van der Waals surface area contributed by atoms with Crippen LogP contribution in [-0.4, -0.2) is 41.8 Å². The Morgan fingerprint density at radius 2 is 2.18 bits per heavy atom. The molecule has 0 aromatic rings. The highest BCUT2D eigenvalue weighted by molar-refractivity contribution is 5.68. The number of aliphatic imine (C=N–C) groups is 1. The van der Waals surface area contributed by atoms with Gasteiger partial charge in [-0.2, -0.15) is 0 Å². The molecule has 1 aliphatic rings. The number of isocyanates is 1. The molecule has 0 spiro atoms. The number of amides is 1. The molecule has 0 bridgehead atoms. The highest BCUT2D eigenvalue weighted by atomic mass is 16.6. The van der Waals surface area contributed by atoms with E-state index in [2.05, 4.69) is 4.99 Å². The van der Waals surface area contributed by atoms with Crippen LogP contribution in [0.15, 0.2) is 4.99 Å². The van der Waals surface area contributed by atoms with E-state index in [1.165, 1.54) is 6.08 Å². The first-order valence-corrected chi connectivity index (χ1v) is 5.97. The minimum Gasteiger partial charge on any atom is -0.444 e. The van der Waals surface area contributed by atoms with Gasteiger partial charge in [-0.1, -0.05) is 0 Å². The van der Waals surface area contributed by atoms with Gasteiger partial charge in [-0.25, -0.2) is 14.6 Å². The topological polar surface area (TPSA) is 59.0 Å². The first-order chi connectivity index (χ1) is 7.94. The zero-order valence-corrected chi connectivity index (χ0v) is 10.7. The summed E-state index contributed by atoms with van der Waals surface area (Å²) in [5.41, 5.74) is -0.493. The van der Waals surface area contributed by atoms with Crippen molar-refractivity contribution >= 4 is 12.2 Å². The van der Waals surface area contributed by atoms with Crippen LogP contribution < -0.4 is 0 Å². The number of carbonyl (C=O) groups is 1. The molecule has 0 aromatic heterocycles. The third-order valence-electron chi connectivity index (χ3n) is 2.62. The maximum Gasteiger partial charge on any atom is 0.410 e. The van der Waals surface area contributed by atoms with E-state index in [9.17, 15) is 9.59 Å². The number of nitrogens with zero attached hydrogens (tertiary/aromatic N) is 2. The maximum absolute atomic E-state index is 12.0. The summed E-state index contributed by atoms with van der Waals surface area (Å²) >= 11 is 0. The minimum atomic E-state index is -0.493. The molecule has 5 heteroatoms. The van der Waals surface area contributed by atoms with Gasteiger partial charge in [-0.15, -0.1) is 0 Å². The predicted octanol–water partition coefficient (Wildman–Crippen LogP) is 2.11. The van der Waals surface area contributed by atoms with Gasteiger partial charge in [0.25, 0.3) is 0 Å². The molecule has 1 rings (SSSR count). The van der Waals surface area contributed by atoms with Gasteiger partial charge in [-0.3, -0.25) is 0 Å². The van der Waals surface area contributed by atoms with Crippen LogP contribution >= 0.6 is 0 Å². The maximum atomic E-state index is 12.0. The molecular weight excluding hydrogens is 220 g/mol. The Bertz CT molecular complexity index is 316. The molecule has 0 aromatic carbocycles. The monoisotopic (exact) mass is 240 g/mol. The normalized spacial score (nSPS) is 20.6. The van der Waals surface area contributed by atoms with Gasteiger partial charge in [0.05, 0.1) is 12.6 Å².